The van der Waals surface area contributed by atoms with Gasteiger partial charge in [0.1, 0.15) is 12.4 Å². The van der Waals surface area contributed by atoms with E-state index in [1.54, 1.807) is 0 Å². The van der Waals surface area contributed by atoms with Gasteiger partial charge < -0.3 is 9.26 Å². The summed E-state index contributed by atoms with van der Waals surface area (Å²) in [6.45, 7) is 2.45. The van der Waals surface area contributed by atoms with Crippen molar-refractivity contribution in [1.29, 1.82) is 0 Å². The Labute approximate surface area is 138 Å². The van der Waals surface area contributed by atoms with Crippen molar-refractivity contribution in [3.63, 3.8) is 0 Å². The molecule has 1 aromatic heterocycles. The zero-order valence-corrected chi connectivity index (χ0v) is 13.6. The van der Waals surface area contributed by atoms with E-state index in [1.165, 1.54) is 0 Å². The van der Waals surface area contributed by atoms with Crippen LogP contribution in [-0.4, -0.2) is 11.0 Å². The second kappa shape index (κ2) is 6.59. The van der Waals surface area contributed by atoms with Crippen LogP contribution >= 0.6 is 23.2 Å². The molecule has 0 amide bonds. The van der Waals surface area contributed by atoms with E-state index in [1.807, 2.05) is 43.3 Å². The number of benzene rings is 2. The number of aromatic nitrogens is 1. The first-order valence-electron chi connectivity index (χ1n) is 7.00. The van der Waals surface area contributed by atoms with Crippen LogP contribution in [0.1, 0.15) is 16.8 Å². The summed E-state index contributed by atoms with van der Waals surface area (Å²) in [6, 6.07) is 11.5. The zero-order valence-electron chi connectivity index (χ0n) is 12.1. The Morgan fingerprint density at radius 1 is 1.14 bits per heavy atom. The van der Waals surface area contributed by atoms with Crippen LogP contribution in [0.25, 0.3) is 11.0 Å². The molecule has 0 N–H and O–H groups in total. The molecule has 0 radical (unpaired) electrons. The van der Waals surface area contributed by atoms with Gasteiger partial charge in [-0.2, -0.15) is 0 Å². The summed E-state index contributed by atoms with van der Waals surface area (Å²) in [6.07, 6.45) is 0.693. The lowest BCUT2D eigenvalue weighted by Gasteiger charge is -2.09. The first-order chi connectivity index (χ1) is 10.7. The van der Waals surface area contributed by atoms with Crippen molar-refractivity contribution < 1.29 is 9.26 Å². The van der Waals surface area contributed by atoms with Gasteiger partial charge in [-0.05, 0) is 36.8 Å². The van der Waals surface area contributed by atoms with Crippen LogP contribution in [0.2, 0.25) is 5.02 Å². The molecule has 0 bridgehead atoms. The van der Waals surface area contributed by atoms with Crippen LogP contribution in [0, 0.1) is 6.92 Å². The third-order valence-corrected chi connectivity index (χ3v) is 3.99. The summed E-state index contributed by atoms with van der Waals surface area (Å²) in [5.41, 5.74) is 3.65. The Bertz CT molecular complexity index is 781. The molecule has 114 valence electrons. The molecule has 0 saturated carbocycles. The molecule has 22 heavy (non-hydrogen) atoms. The lowest BCUT2D eigenvalue weighted by Crippen LogP contribution is -1.97. The average Bonchev–Trinajstić information content (AvgIpc) is 2.93. The minimum Gasteiger partial charge on any atom is -0.488 e. The monoisotopic (exact) mass is 335 g/mol. The number of rotatable bonds is 5. The lowest BCUT2D eigenvalue weighted by molar-refractivity contribution is 0.303. The van der Waals surface area contributed by atoms with E-state index >= 15 is 0 Å². The zero-order chi connectivity index (χ0) is 15.5. The minimum absolute atomic E-state index is 0.478. The molecule has 0 fully saturated rings. The van der Waals surface area contributed by atoms with Gasteiger partial charge in [0.15, 0.2) is 5.58 Å². The fourth-order valence-corrected chi connectivity index (χ4v) is 2.64. The molecule has 0 unspecified atom stereocenters. The van der Waals surface area contributed by atoms with Crippen molar-refractivity contribution in [2.75, 3.05) is 5.88 Å². The maximum Gasteiger partial charge on any atom is 0.173 e. The fourth-order valence-electron chi connectivity index (χ4n) is 2.34. The first-order valence-corrected chi connectivity index (χ1v) is 7.91. The van der Waals surface area contributed by atoms with Crippen molar-refractivity contribution in [3.05, 3.63) is 58.2 Å². The molecule has 3 rings (SSSR count). The number of ether oxygens (including phenoxy) is 1. The fraction of sp³-hybridized carbons (Fsp3) is 0.235. The van der Waals surface area contributed by atoms with E-state index in [0.717, 1.165) is 38.6 Å². The smallest absolute Gasteiger partial charge is 0.173 e. The molecule has 2 aromatic carbocycles. The highest BCUT2D eigenvalue weighted by Gasteiger charge is 2.13. The normalized spacial score (nSPS) is 11.0. The van der Waals surface area contributed by atoms with E-state index in [9.17, 15) is 0 Å². The molecule has 3 nitrogen and oxygen atoms in total. The predicted octanol–water partition coefficient (Wildman–Crippen LogP) is 5.15. The van der Waals surface area contributed by atoms with Gasteiger partial charge in [0, 0.05) is 28.3 Å². The third kappa shape index (κ3) is 3.06. The minimum atomic E-state index is 0.478. The first kappa shape index (κ1) is 15.2. The molecule has 1 heterocycles. The Kier molecular flexibility index (Phi) is 4.55. The molecule has 3 aromatic rings. The van der Waals surface area contributed by atoms with E-state index in [4.69, 9.17) is 32.5 Å². The topological polar surface area (TPSA) is 35.3 Å². The highest BCUT2D eigenvalue weighted by Crippen LogP contribution is 2.30. The standard InChI is InChI=1S/C17H15Cl2NO2/c1-11-16(21-10-12-2-4-13(19)5-3-12)7-6-14-15(8-9-18)20-22-17(11)14/h2-7H,8-10H2,1H3. The van der Waals surface area contributed by atoms with E-state index in [0.29, 0.717) is 18.9 Å². The summed E-state index contributed by atoms with van der Waals surface area (Å²) in [5.74, 6) is 1.31. The van der Waals surface area contributed by atoms with Crippen LogP contribution < -0.4 is 4.74 Å². The number of hydrogen-bond acceptors (Lipinski definition) is 3. The quantitative estimate of drug-likeness (QED) is 0.605. The highest BCUT2D eigenvalue weighted by molar-refractivity contribution is 6.30. The molecule has 5 heteroatoms. The average molecular weight is 336 g/mol. The second-order valence-corrected chi connectivity index (χ2v) is 5.86. The third-order valence-electron chi connectivity index (χ3n) is 3.55. The molecular weight excluding hydrogens is 321 g/mol. The van der Waals surface area contributed by atoms with Gasteiger partial charge in [-0.3, -0.25) is 0 Å². The van der Waals surface area contributed by atoms with Crippen LogP contribution in [-0.2, 0) is 13.0 Å². The number of nitrogens with zero attached hydrogens (tertiary/aromatic N) is 1. The van der Waals surface area contributed by atoms with Gasteiger partial charge in [0.2, 0.25) is 0 Å². The van der Waals surface area contributed by atoms with Crippen molar-refractivity contribution >= 4 is 34.2 Å². The van der Waals surface area contributed by atoms with Crippen LogP contribution in [0.5, 0.6) is 5.75 Å². The number of aryl methyl sites for hydroxylation is 2. The van der Waals surface area contributed by atoms with Crippen molar-refractivity contribution in [2.45, 2.75) is 20.0 Å². The molecule has 0 aliphatic heterocycles. The Hall–Kier alpha value is -1.71. The summed E-state index contributed by atoms with van der Waals surface area (Å²) in [5, 5.41) is 5.80. The van der Waals surface area contributed by atoms with Crippen molar-refractivity contribution in [2.24, 2.45) is 0 Å². The van der Waals surface area contributed by atoms with E-state index in [-0.39, 0.29) is 0 Å². The Morgan fingerprint density at radius 2 is 1.91 bits per heavy atom. The maximum absolute atomic E-state index is 5.88. The molecular formula is C17H15Cl2NO2. The SMILES string of the molecule is Cc1c(OCc2ccc(Cl)cc2)ccc2c(CCCl)noc12. The van der Waals surface area contributed by atoms with Gasteiger partial charge in [-0.15, -0.1) is 11.6 Å². The van der Waals surface area contributed by atoms with Crippen LogP contribution in [0.4, 0.5) is 0 Å². The Balaban J connectivity index is 1.82. The van der Waals surface area contributed by atoms with Gasteiger partial charge in [0.25, 0.3) is 0 Å². The molecule has 0 spiro atoms. The summed E-state index contributed by atoms with van der Waals surface area (Å²) in [4.78, 5) is 0. The summed E-state index contributed by atoms with van der Waals surface area (Å²) in [7, 11) is 0. The number of halogens is 2. The number of fused-ring (bicyclic) bond motifs is 1. The number of alkyl halides is 1. The van der Waals surface area contributed by atoms with E-state index < -0.39 is 0 Å². The molecule has 0 aliphatic carbocycles. The maximum atomic E-state index is 5.88. The van der Waals surface area contributed by atoms with E-state index in [2.05, 4.69) is 5.16 Å². The molecule has 0 aliphatic rings. The van der Waals surface area contributed by atoms with Crippen LogP contribution in [0.15, 0.2) is 40.9 Å². The van der Waals surface area contributed by atoms with Gasteiger partial charge >= 0.3 is 0 Å². The predicted molar refractivity (Wildman–Crippen MR) is 89.0 cm³/mol. The van der Waals surface area contributed by atoms with Gasteiger partial charge in [0.05, 0.1) is 5.69 Å². The van der Waals surface area contributed by atoms with Gasteiger partial charge in [-0.25, -0.2) is 0 Å². The summed E-state index contributed by atoms with van der Waals surface area (Å²) >= 11 is 11.7. The summed E-state index contributed by atoms with van der Waals surface area (Å²) < 4.78 is 11.3. The molecule has 0 atom stereocenters. The second-order valence-electron chi connectivity index (χ2n) is 5.05. The lowest BCUT2D eigenvalue weighted by atomic mass is 10.1. The largest absolute Gasteiger partial charge is 0.488 e. The number of hydrogen-bond donors (Lipinski definition) is 0. The van der Waals surface area contributed by atoms with Gasteiger partial charge in [-0.1, -0.05) is 28.9 Å². The Morgan fingerprint density at radius 3 is 2.64 bits per heavy atom. The highest BCUT2D eigenvalue weighted by atomic mass is 35.5. The molecule has 0 saturated heterocycles. The van der Waals surface area contributed by atoms with Crippen molar-refractivity contribution in [3.8, 4) is 5.75 Å². The van der Waals surface area contributed by atoms with Crippen LogP contribution in [0.3, 0.4) is 0 Å². The van der Waals surface area contributed by atoms with Crippen molar-refractivity contribution in [1.82, 2.24) is 5.16 Å².